The number of halogens is 3. The van der Waals surface area contributed by atoms with Gasteiger partial charge in [-0.05, 0) is 0 Å². The Bertz CT molecular complexity index is 241. The first-order valence-corrected chi connectivity index (χ1v) is 5.66. The van der Waals surface area contributed by atoms with Crippen LogP contribution in [0.2, 0.25) is 8.92 Å². The van der Waals surface area contributed by atoms with Crippen LogP contribution in [0.25, 0.3) is 0 Å². The van der Waals surface area contributed by atoms with Gasteiger partial charge in [0, 0.05) is 0 Å². The van der Waals surface area contributed by atoms with Crippen molar-refractivity contribution >= 4 is 49.3 Å². The number of rotatable bonds is 1. The van der Waals surface area contributed by atoms with Gasteiger partial charge < -0.3 is 0 Å². The topological polar surface area (TPSA) is 0 Å². The third-order valence-corrected chi connectivity index (χ3v) is 5.55. The van der Waals surface area contributed by atoms with Crippen molar-refractivity contribution in [3.05, 3.63) is 18.9 Å². The molecule has 0 aliphatic rings. The first-order chi connectivity index (χ1) is 4.66. The van der Waals surface area contributed by atoms with E-state index in [0.717, 1.165) is 18.9 Å². The van der Waals surface area contributed by atoms with Crippen molar-refractivity contribution in [3.63, 3.8) is 0 Å². The molecule has 0 fully saturated rings. The van der Waals surface area contributed by atoms with Gasteiger partial charge in [0.2, 0.25) is 0 Å². The van der Waals surface area contributed by atoms with E-state index >= 15 is 0 Å². The SMILES string of the molecule is Cc1c(Cl)[se]c(CCl)c1Cl. The molecule has 1 aromatic rings. The Labute approximate surface area is 80.8 Å². The summed E-state index contributed by atoms with van der Waals surface area (Å²) in [6.45, 7) is 1.92. The van der Waals surface area contributed by atoms with Crippen LogP contribution in [0.15, 0.2) is 0 Å². The molecule has 0 aliphatic heterocycles. The van der Waals surface area contributed by atoms with Gasteiger partial charge in [0.15, 0.2) is 0 Å². The van der Waals surface area contributed by atoms with E-state index in [0.29, 0.717) is 5.88 Å². The molecule has 0 saturated heterocycles. The molecular formula is C6H5Cl3Se. The molecule has 0 saturated carbocycles. The zero-order valence-corrected chi connectivity index (χ0v) is 9.23. The first-order valence-electron chi connectivity index (χ1n) is 2.66. The predicted octanol–water partition coefficient (Wildman–Crippen LogP) is 3.10. The number of hydrogen-bond acceptors (Lipinski definition) is 0. The zero-order chi connectivity index (χ0) is 7.72. The molecule has 0 spiro atoms. The minimum atomic E-state index is 0.199. The minimum absolute atomic E-state index is 0.199. The molecule has 1 aromatic heterocycles. The fourth-order valence-corrected chi connectivity index (χ4v) is 3.82. The van der Waals surface area contributed by atoms with Crippen molar-refractivity contribution in [3.8, 4) is 0 Å². The molecule has 10 heavy (non-hydrogen) atoms. The Hall–Kier alpha value is 0.869. The summed E-state index contributed by atoms with van der Waals surface area (Å²) in [7, 11) is 0. The fraction of sp³-hybridized carbons (Fsp3) is 0.333. The molecule has 0 radical (unpaired) electrons. The van der Waals surface area contributed by atoms with E-state index in [1.165, 1.54) is 0 Å². The van der Waals surface area contributed by atoms with Gasteiger partial charge >= 0.3 is 81.0 Å². The van der Waals surface area contributed by atoms with Crippen LogP contribution in [-0.4, -0.2) is 14.5 Å². The fourth-order valence-electron chi connectivity index (χ4n) is 0.611. The molecule has 0 atom stereocenters. The average molecular weight is 262 g/mol. The van der Waals surface area contributed by atoms with E-state index in [1.807, 2.05) is 6.92 Å². The molecule has 0 bridgehead atoms. The van der Waals surface area contributed by atoms with Crippen molar-refractivity contribution in [2.75, 3.05) is 0 Å². The Kier molecular flexibility index (Phi) is 3.15. The van der Waals surface area contributed by atoms with Crippen LogP contribution in [0.3, 0.4) is 0 Å². The van der Waals surface area contributed by atoms with Gasteiger partial charge in [-0.3, -0.25) is 0 Å². The van der Waals surface area contributed by atoms with Gasteiger partial charge in [-0.2, -0.15) is 0 Å². The molecule has 0 aliphatic carbocycles. The van der Waals surface area contributed by atoms with E-state index < -0.39 is 0 Å². The zero-order valence-electron chi connectivity index (χ0n) is 5.25. The van der Waals surface area contributed by atoms with E-state index in [1.54, 1.807) is 0 Å². The van der Waals surface area contributed by atoms with Crippen LogP contribution in [0.5, 0.6) is 0 Å². The Morgan fingerprint density at radius 1 is 1.40 bits per heavy atom. The molecule has 0 unspecified atom stereocenters. The number of hydrogen-bond donors (Lipinski definition) is 0. The van der Waals surface area contributed by atoms with Gasteiger partial charge in [-0.1, -0.05) is 0 Å². The normalized spacial score (nSPS) is 10.4. The quantitative estimate of drug-likeness (QED) is 0.539. The van der Waals surface area contributed by atoms with E-state index in [2.05, 4.69) is 0 Å². The van der Waals surface area contributed by atoms with E-state index in [4.69, 9.17) is 34.8 Å². The Morgan fingerprint density at radius 2 is 2.00 bits per heavy atom. The summed E-state index contributed by atoms with van der Waals surface area (Å²) in [5.74, 6) is 0.506. The maximum absolute atomic E-state index is 5.89. The molecule has 0 amide bonds. The molecule has 0 N–H and O–H groups in total. The summed E-state index contributed by atoms with van der Waals surface area (Å²) in [5.41, 5.74) is 0.999. The summed E-state index contributed by atoms with van der Waals surface area (Å²) >= 11 is 17.6. The van der Waals surface area contributed by atoms with E-state index in [9.17, 15) is 0 Å². The third-order valence-electron chi connectivity index (χ3n) is 1.20. The van der Waals surface area contributed by atoms with Crippen LogP contribution in [0.1, 0.15) is 10.0 Å². The van der Waals surface area contributed by atoms with Crippen molar-refractivity contribution in [2.24, 2.45) is 0 Å². The van der Waals surface area contributed by atoms with Crippen LogP contribution < -0.4 is 0 Å². The maximum atomic E-state index is 5.89. The third kappa shape index (κ3) is 1.54. The summed E-state index contributed by atoms with van der Waals surface area (Å²) < 4.78 is 1.98. The van der Waals surface area contributed by atoms with Crippen LogP contribution in [-0.2, 0) is 5.88 Å². The molecular weight excluding hydrogens is 257 g/mol. The molecule has 56 valence electrons. The van der Waals surface area contributed by atoms with Gasteiger partial charge in [0.25, 0.3) is 0 Å². The van der Waals surface area contributed by atoms with E-state index in [-0.39, 0.29) is 14.5 Å². The second-order valence-electron chi connectivity index (χ2n) is 1.87. The van der Waals surface area contributed by atoms with Crippen molar-refractivity contribution in [1.82, 2.24) is 0 Å². The van der Waals surface area contributed by atoms with Gasteiger partial charge in [-0.15, -0.1) is 0 Å². The summed E-state index contributed by atoms with van der Waals surface area (Å²) in [5, 5.41) is 0.778. The van der Waals surface area contributed by atoms with Crippen LogP contribution in [0.4, 0.5) is 0 Å². The summed E-state index contributed by atoms with van der Waals surface area (Å²) in [6.07, 6.45) is 0. The van der Waals surface area contributed by atoms with Crippen LogP contribution in [0, 0.1) is 6.92 Å². The Balaban J connectivity index is 3.17. The molecule has 0 aromatic carbocycles. The standard InChI is InChI=1S/C6H5Cl3Se/c1-3-5(8)4(2-7)10-6(3)9/h2H2,1H3. The first kappa shape index (κ1) is 8.96. The molecule has 1 rings (SSSR count). The van der Waals surface area contributed by atoms with Crippen molar-refractivity contribution in [2.45, 2.75) is 12.8 Å². The summed E-state index contributed by atoms with van der Waals surface area (Å²) in [6, 6.07) is 0. The second kappa shape index (κ2) is 3.51. The predicted molar refractivity (Wildman–Crippen MR) is 47.7 cm³/mol. The van der Waals surface area contributed by atoms with Gasteiger partial charge in [0.1, 0.15) is 0 Å². The molecule has 0 nitrogen and oxygen atoms in total. The molecule has 1 heterocycles. The average Bonchev–Trinajstić information content (AvgIpc) is 2.17. The number of alkyl halides is 1. The van der Waals surface area contributed by atoms with Gasteiger partial charge in [0.05, 0.1) is 0 Å². The summed E-state index contributed by atoms with van der Waals surface area (Å²) in [4.78, 5) is 0. The monoisotopic (exact) mass is 262 g/mol. The second-order valence-corrected chi connectivity index (χ2v) is 5.72. The Morgan fingerprint density at radius 3 is 2.20 bits per heavy atom. The molecule has 4 heteroatoms. The van der Waals surface area contributed by atoms with Crippen molar-refractivity contribution < 1.29 is 0 Å². The van der Waals surface area contributed by atoms with Gasteiger partial charge in [-0.25, -0.2) is 0 Å². The van der Waals surface area contributed by atoms with Crippen molar-refractivity contribution in [1.29, 1.82) is 0 Å². The van der Waals surface area contributed by atoms with Crippen LogP contribution >= 0.6 is 34.8 Å².